The van der Waals surface area contributed by atoms with Gasteiger partial charge < -0.3 is 5.11 Å². The molecule has 3 aromatic heterocycles. The zero-order valence-corrected chi connectivity index (χ0v) is 22.4. The number of rotatable bonds is 3. The minimum Gasteiger partial charge on any atom is -0.477 e. The second-order valence-electron chi connectivity index (χ2n) is 7.48. The molecule has 2 aromatic carbocycles. The molecule has 195 valence electrons. The Morgan fingerprint density at radius 2 is 1.53 bits per heavy atom. The van der Waals surface area contributed by atoms with Gasteiger partial charge in [-0.1, -0.05) is 42.0 Å². The molecule has 38 heavy (non-hydrogen) atoms. The van der Waals surface area contributed by atoms with Crippen molar-refractivity contribution in [2.24, 2.45) is 0 Å². The number of aryl methyl sites for hydroxylation is 1. The van der Waals surface area contributed by atoms with Gasteiger partial charge in [-0.25, -0.2) is 9.18 Å². The van der Waals surface area contributed by atoms with Crippen molar-refractivity contribution < 1.29 is 43.2 Å². The summed E-state index contributed by atoms with van der Waals surface area (Å²) in [6.07, 6.45) is 5.16. The number of carbonyl (C=O) groups is 1. The predicted octanol–water partition coefficient (Wildman–Crippen LogP) is 6.80. The molecule has 0 bridgehead atoms. The van der Waals surface area contributed by atoms with Gasteiger partial charge in [0.05, 0.1) is 5.69 Å². The molecule has 0 aliphatic heterocycles. The number of hydrogen-bond acceptors (Lipinski definition) is 4. The number of halogens is 3. The van der Waals surface area contributed by atoms with Gasteiger partial charge in [-0.2, -0.15) is 0 Å². The average Bonchev–Trinajstić information content (AvgIpc) is 2.91. The Balaban J connectivity index is 0.000000217. The van der Waals surface area contributed by atoms with Crippen molar-refractivity contribution in [3.05, 3.63) is 138 Å². The van der Waals surface area contributed by atoms with Crippen LogP contribution in [-0.4, -0.2) is 26.0 Å². The summed E-state index contributed by atoms with van der Waals surface area (Å²) >= 11 is 0. The Bertz CT molecular complexity index is 1430. The van der Waals surface area contributed by atoms with Crippen LogP contribution in [0.4, 0.5) is 13.2 Å². The minimum atomic E-state index is -1.21. The topological polar surface area (TPSA) is 76.0 Å². The summed E-state index contributed by atoms with van der Waals surface area (Å²) in [5, 5.41) is 8.74. The third-order valence-electron chi connectivity index (χ3n) is 4.71. The molecule has 5 aromatic rings. The van der Waals surface area contributed by atoms with Crippen molar-refractivity contribution in [3.63, 3.8) is 0 Å². The van der Waals surface area contributed by atoms with Gasteiger partial charge in [0.25, 0.3) is 0 Å². The number of carboxylic acid groups (broad SMARTS) is 1. The van der Waals surface area contributed by atoms with Crippen molar-refractivity contribution in [3.8, 4) is 22.5 Å². The molecule has 1 radical (unpaired) electrons. The van der Waals surface area contributed by atoms with Gasteiger partial charge in [-0.3, -0.25) is 23.7 Å². The number of pyridine rings is 3. The van der Waals surface area contributed by atoms with Crippen molar-refractivity contribution in [2.75, 3.05) is 0 Å². The second-order valence-corrected chi connectivity index (χ2v) is 7.48. The average molecular weight is 693 g/mol. The molecule has 0 aliphatic rings. The van der Waals surface area contributed by atoms with Crippen LogP contribution in [0.3, 0.4) is 0 Å². The monoisotopic (exact) mass is 693 g/mol. The van der Waals surface area contributed by atoms with Crippen LogP contribution >= 0.6 is 0 Å². The molecule has 0 spiro atoms. The fourth-order valence-corrected chi connectivity index (χ4v) is 3.00. The molecular weight excluding hydrogens is 672 g/mol. The maximum Gasteiger partial charge on any atom is 0.353 e. The number of hydrogen-bond donors (Lipinski definition) is 1. The van der Waals surface area contributed by atoms with E-state index in [2.05, 4.69) is 21.0 Å². The van der Waals surface area contributed by atoms with Gasteiger partial charge in [-0.15, -0.1) is 12.1 Å². The molecule has 3 heterocycles. The van der Waals surface area contributed by atoms with E-state index < -0.39 is 17.6 Å². The van der Waals surface area contributed by atoms with Crippen LogP contribution in [0.15, 0.2) is 104 Å². The van der Waals surface area contributed by atoms with E-state index in [0.717, 1.165) is 11.6 Å². The first-order chi connectivity index (χ1) is 17.8. The Morgan fingerprint density at radius 3 is 2.08 bits per heavy atom. The number of nitrogens with zero attached hydrogens (tertiary/aromatic N) is 3. The molecule has 1 N–H and O–H groups in total. The number of aromatic carboxylic acids is 1. The molecular formula is C29H21F3IrN3O2-. The maximum atomic E-state index is 13.5. The Kier molecular flexibility index (Phi) is 12.0. The quantitative estimate of drug-likeness (QED) is 0.211. The summed E-state index contributed by atoms with van der Waals surface area (Å²) in [6.45, 7) is 1.87. The van der Waals surface area contributed by atoms with E-state index in [1.165, 1.54) is 24.3 Å². The standard InChI is InChI=1S/C12H6F2NO2.C12H10FN.C5H5N.Ir/c13-7-4-5-8(9(14)6-7)10-2-1-3-11(15-10)12(16)17;1-9-5-6-10(11(13)8-9)12-4-2-3-7-14-12;1-2-4-6-5-3-1;/h1-4,6H,(H,16,17);2-8H,1H3;1-5H;/q-1;;;. The van der Waals surface area contributed by atoms with Gasteiger partial charge in [0, 0.05) is 55.9 Å². The predicted molar refractivity (Wildman–Crippen MR) is 134 cm³/mol. The molecule has 0 amide bonds. The minimum absolute atomic E-state index is 0. The van der Waals surface area contributed by atoms with Gasteiger partial charge in [0.1, 0.15) is 11.5 Å². The van der Waals surface area contributed by atoms with E-state index in [4.69, 9.17) is 5.11 Å². The smallest absolute Gasteiger partial charge is 0.353 e. The van der Waals surface area contributed by atoms with Gasteiger partial charge in [0.2, 0.25) is 0 Å². The van der Waals surface area contributed by atoms with E-state index in [1.807, 2.05) is 43.3 Å². The van der Waals surface area contributed by atoms with Crippen LogP contribution in [0.1, 0.15) is 16.1 Å². The Labute approximate surface area is 231 Å². The molecule has 0 saturated carbocycles. The molecule has 9 heteroatoms. The molecule has 0 aliphatic carbocycles. The third kappa shape index (κ3) is 9.03. The van der Waals surface area contributed by atoms with Gasteiger partial charge in [-0.05, 0) is 60.6 Å². The van der Waals surface area contributed by atoms with Crippen LogP contribution < -0.4 is 0 Å². The molecule has 5 rings (SSSR count). The van der Waals surface area contributed by atoms with Crippen molar-refractivity contribution in [1.29, 1.82) is 0 Å². The number of carboxylic acids is 1. The molecule has 0 atom stereocenters. The zero-order valence-electron chi connectivity index (χ0n) is 20.0. The summed E-state index contributed by atoms with van der Waals surface area (Å²) in [4.78, 5) is 22.3. The van der Waals surface area contributed by atoms with Crippen LogP contribution in [0.2, 0.25) is 0 Å². The first-order valence-electron chi connectivity index (χ1n) is 10.9. The van der Waals surface area contributed by atoms with Crippen molar-refractivity contribution in [2.45, 2.75) is 6.92 Å². The normalized spacial score (nSPS) is 9.58. The Hall–Kier alpha value is -4.20. The van der Waals surface area contributed by atoms with Crippen molar-refractivity contribution >= 4 is 5.97 Å². The van der Waals surface area contributed by atoms with Crippen molar-refractivity contribution in [1.82, 2.24) is 15.0 Å². The summed E-state index contributed by atoms with van der Waals surface area (Å²) in [7, 11) is 0. The summed E-state index contributed by atoms with van der Waals surface area (Å²) < 4.78 is 39.6. The van der Waals surface area contributed by atoms with E-state index in [9.17, 15) is 18.0 Å². The van der Waals surface area contributed by atoms with Gasteiger partial charge in [0.15, 0.2) is 0 Å². The Morgan fingerprint density at radius 1 is 0.816 bits per heavy atom. The van der Waals surface area contributed by atoms with E-state index in [0.29, 0.717) is 17.3 Å². The number of benzene rings is 2. The zero-order chi connectivity index (χ0) is 26.6. The van der Waals surface area contributed by atoms with Gasteiger partial charge >= 0.3 is 5.97 Å². The fraction of sp³-hybridized carbons (Fsp3) is 0.0345. The molecule has 0 fully saturated rings. The fourth-order valence-electron chi connectivity index (χ4n) is 3.00. The third-order valence-corrected chi connectivity index (χ3v) is 4.71. The number of aromatic nitrogens is 3. The summed E-state index contributed by atoms with van der Waals surface area (Å²) in [6, 6.07) is 24.5. The first kappa shape index (κ1) is 30.0. The molecule has 0 unspecified atom stereocenters. The van der Waals surface area contributed by atoms with E-state index in [-0.39, 0.29) is 42.9 Å². The molecule has 5 nitrogen and oxygen atoms in total. The van der Waals surface area contributed by atoms with Crippen LogP contribution in [0.5, 0.6) is 0 Å². The van der Waals surface area contributed by atoms with Crippen LogP contribution in [0, 0.1) is 30.4 Å². The van der Waals surface area contributed by atoms with Crippen LogP contribution in [0.25, 0.3) is 22.5 Å². The molecule has 0 saturated heterocycles. The van der Waals surface area contributed by atoms with E-state index in [1.54, 1.807) is 30.7 Å². The van der Waals surface area contributed by atoms with E-state index >= 15 is 0 Å². The first-order valence-corrected chi connectivity index (χ1v) is 10.9. The second kappa shape index (κ2) is 15.1. The van der Waals surface area contributed by atoms with Crippen LogP contribution in [-0.2, 0) is 20.1 Å². The summed E-state index contributed by atoms with van der Waals surface area (Å²) in [5.74, 6) is -3.02. The summed E-state index contributed by atoms with van der Waals surface area (Å²) in [5.41, 5.74) is 1.97. The SMILES string of the molecule is Cc1ccc(-c2ccccn2)c(F)c1.O=C(O)c1cccc(-c2[c-]cc(F)cc2F)n1.[Ir].c1ccncc1. The largest absolute Gasteiger partial charge is 0.477 e. The maximum absolute atomic E-state index is 13.5.